The van der Waals surface area contributed by atoms with Crippen molar-refractivity contribution < 1.29 is 9.47 Å². The summed E-state index contributed by atoms with van der Waals surface area (Å²) < 4.78 is 10.8. The van der Waals surface area contributed by atoms with E-state index in [1.54, 1.807) is 7.11 Å². The van der Waals surface area contributed by atoms with Crippen molar-refractivity contribution in [2.45, 2.75) is 58.2 Å². The van der Waals surface area contributed by atoms with E-state index in [0.29, 0.717) is 6.10 Å². The first-order valence-electron chi connectivity index (χ1n) is 7.47. The third kappa shape index (κ3) is 4.38. The van der Waals surface area contributed by atoms with E-state index in [9.17, 15) is 0 Å². The molecule has 2 nitrogen and oxygen atoms in total. The van der Waals surface area contributed by atoms with Gasteiger partial charge in [-0.15, -0.1) is 0 Å². The van der Waals surface area contributed by atoms with Crippen molar-refractivity contribution in [1.82, 2.24) is 0 Å². The quantitative estimate of drug-likeness (QED) is 0.538. The molecule has 1 aromatic rings. The number of hydrogen-bond donors (Lipinski definition) is 0. The van der Waals surface area contributed by atoms with Crippen LogP contribution >= 0.6 is 0 Å². The smallest absolute Gasteiger partial charge is 0.118 e. The lowest BCUT2D eigenvalue weighted by Gasteiger charge is -2.03. The number of methoxy groups -OCH3 is 1. The van der Waals surface area contributed by atoms with Gasteiger partial charge in [0.25, 0.3) is 0 Å². The summed E-state index contributed by atoms with van der Waals surface area (Å²) in [6.45, 7) is 6.56. The molecule has 1 aliphatic heterocycles. The van der Waals surface area contributed by atoms with Crippen LogP contribution in [-0.4, -0.2) is 18.8 Å². The fourth-order valence-electron chi connectivity index (χ4n) is 2.48. The van der Waals surface area contributed by atoms with E-state index < -0.39 is 0 Å². The highest BCUT2D eigenvalue weighted by Gasteiger charge is 2.46. The molecule has 1 heterocycles. The molecule has 110 valence electrons. The molecule has 2 heteroatoms. The minimum absolute atomic E-state index is 0.128. The Hall–Kier alpha value is -1.28. The van der Waals surface area contributed by atoms with Crippen LogP contribution in [0.15, 0.2) is 35.9 Å². The summed E-state index contributed by atoms with van der Waals surface area (Å²) in [5, 5.41) is 0. The standard InChI is InChI=1S/C18H26O2/c1-14(8-13-17-18(2,3)20-17)6-5-7-15-9-11-16(19-4)12-10-15/h6,9-12,17H,5,7-8,13H2,1-4H3/b14-6+/t17-/m0/s1. The molecule has 0 bridgehead atoms. The molecule has 1 fully saturated rings. The first-order chi connectivity index (χ1) is 9.51. The van der Waals surface area contributed by atoms with Crippen molar-refractivity contribution >= 4 is 0 Å². The highest BCUT2D eigenvalue weighted by atomic mass is 16.6. The average Bonchev–Trinajstić information content (AvgIpc) is 3.05. The molecule has 0 aromatic heterocycles. The molecular formula is C18H26O2. The van der Waals surface area contributed by atoms with Gasteiger partial charge >= 0.3 is 0 Å². The van der Waals surface area contributed by atoms with Crippen LogP contribution in [0.3, 0.4) is 0 Å². The van der Waals surface area contributed by atoms with Crippen molar-refractivity contribution in [3.05, 3.63) is 41.5 Å². The molecule has 2 rings (SSSR count). The molecular weight excluding hydrogens is 248 g/mol. The number of benzene rings is 1. The average molecular weight is 274 g/mol. The zero-order chi connectivity index (χ0) is 14.6. The minimum Gasteiger partial charge on any atom is -0.497 e. The fraction of sp³-hybridized carbons (Fsp3) is 0.556. The third-order valence-electron chi connectivity index (χ3n) is 4.05. The van der Waals surface area contributed by atoms with Gasteiger partial charge in [0, 0.05) is 0 Å². The van der Waals surface area contributed by atoms with E-state index in [2.05, 4.69) is 39.0 Å². The Morgan fingerprint density at radius 1 is 1.30 bits per heavy atom. The minimum atomic E-state index is 0.128. The van der Waals surface area contributed by atoms with Crippen LogP contribution in [0.4, 0.5) is 0 Å². The van der Waals surface area contributed by atoms with Crippen molar-refractivity contribution in [3.8, 4) is 5.75 Å². The number of aryl methyl sites for hydroxylation is 1. The molecule has 0 spiro atoms. The van der Waals surface area contributed by atoms with Crippen LogP contribution < -0.4 is 4.74 Å². The van der Waals surface area contributed by atoms with E-state index in [0.717, 1.165) is 31.4 Å². The van der Waals surface area contributed by atoms with Crippen molar-refractivity contribution in [2.75, 3.05) is 7.11 Å². The number of epoxide rings is 1. The summed E-state index contributed by atoms with van der Waals surface area (Å²) in [5.41, 5.74) is 2.97. The summed E-state index contributed by atoms with van der Waals surface area (Å²) in [7, 11) is 1.70. The third-order valence-corrected chi connectivity index (χ3v) is 4.05. The Labute approximate surface area is 122 Å². The second-order valence-electron chi connectivity index (χ2n) is 6.19. The van der Waals surface area contributed by atoms with E-state index in [1.165, 1.54) is 11.1 Å². The number of allylic oxidation sites excluding steroid dienone is 2. The Morgan fingerprint density at radius 2 is 1.95 bits per heavy atom. The van der Waals surface area contributed by atoms with Gasteiger partial charge in [-0.1, -0.05) is 23.8 Å². The van der Waals surface area contributed by atoms with E-state index >= 15 is 0 Å². The van der Waals surface area contributed by atoms with Gasteiger partial charge in [0.15, 0.2) is 0 Å². The zero-order valence-electron chi connectivity index (χ0n) is 13.1. The predicted octanol–water partition coefficient (Wildman–Crippen LogP) is 4.53. The largest absolute Gasteiger partial charge is 0.497 e. The van der Waals surface area contributed by atoms with Gasteiger partial charge in [0.1, 0.15) is 5.75 Å². The molecule has 0 N–H and O–H groups in total. The monoisotopic (exact) mass is 274 g/mol. The van der Waals surface area contributed by atoms with Gasteiger partial charge in [-0.05, 0) is 64.2 Å². The van der Waals surface area contributed by atoms with Crippen LogP contribution in [-0.2, 0) is 11.2 Å². The Balaban J connectivity index is 1.69. The molecule has 0 amide bonds. The zero-order valence-corrected chi connectivity index (χ0v) is 13.1. The lowest BCUT2D eigenvalue weighted by molar-refractivity contribution is 0.320. The maximum Gasteiger partial charge on any atom is 0.118 e. The van der Waals surface area contributed by atoms with Gasteiger partial charge in [0.2, 0.25) is 0 Å². The molecule has 0 unspecified atom stereocenters. The van der Waals surface area contributed by atoms with Crippen LogP contribution in [0.2, 0.25) is 0 Å². The molecule has 20 heavy (non-hydrogen) atoms. The normalized spacial score (nSPS) is 20.8. The topological polar surface area (TPSA) is 21.8 Å². The van der Waals surface area contributed by atoms with E-state index in [4.69, 9.17) is 9.47 Å². The summed E-state index contributed by atoms with van der Waals surface area (Å²) >= 11 is 0. The number of hydrogen-bond acceptors (Lipinski definition) is 2. The molecule has 0 aliphatic carbocycles. The maximum atomic E-state index is 5.61. The van der Waals surface area contributed by atoms with Crippen LogP contribution in [0.25, 0.3) is 0 Å². The van der Waals surface area contributed by atoms with Crippen molar-refractivity contribution in [2.24, 2.45) is 0 Å². The van der Waals surface area contributed by atoms with Gasteiger partial charge < -0.3 is 9.47 Å². The van der Waals surface area contributed by atoms with Gasteiger partial charge in [0.05, 0.1) is 18.8 Å². The number of ether oxygens (including phenoxy) is 2. The lowest BCUT2D eigenvalue weighted by atomic mass is 10.0. The Bertz CT molecular complexity index is 457. The maximum absolute atomic E-state index is 5.61. The lowest BCUT2D eigenvalue weighted by Crippen LogP contribution is -2.02. The predicted molar refractivity (Wildman–Crippen MR) is 83.3 cm³/mol. The Kier molecular flexibility index (Phi) is 4.87. The van der Waals surface area contributed by atoms with Gasteiger partial charge in [-0.3, -0.25) is 0 Å². The Morgan fingerprint density at radius 3 is 2.50 bits per heavy atom. The summed E-state index contributed by atoms with van der Waals surface area (Å²) in [6, 6.07) is 8.34. The van der Waals surface area contributed by atoms with Crippen molar-refractivity contribution in [3.63, 3.8) is 0 Å². The van der Waals surface area contributed by atoms with E-state index in [1.807, 2.05) is 12.1 Å². The first kappa shape index (κ1) is 15.1. The van der Waals surface area contributed by atoms with Gasteiger partial charge in [-0.25, -0.2) is 0 Å². The fourth-order valence-corrected chi connectivity index (χ4v) is 2.48. The molecule has 1 saturated heterocycles. The molecule has 1 aromatic carbocycles. The highest BCUT2D eigenvalue weighted by Crippen LogP contribution is 2.38. The first-order valence-corrected chi connectivity index (χ1v) is 7.47. The second-order valence-corrected chi connectivity index (χ2v) is 6.19. The van der Waals surface area contributed by atoms with Crippen LogP contribution in [0.1, 0.15) is 45.6 Å². The number of rotatable bonds is 7. The van der Waals surface area contributed by atoms with Crippen LogP contribution in [0, 0.1) is 0 Å². The highest BCUT2D eigenvalue weighted by molar-refractivity contribution is 5.27. The summed E-state index contributed by atoms with van der Waals surface area (Å²) in [4.78, 5) is 0. The SMILES string of the molecule is COc1ccc(CC/C=C(\C)CC[C@@H]2OC2(C)C)cc1. The molecule has 0 radical (unpaired) electrons. The second kappa shape index (κ2) is 6.45. The van der Waals surface area contributed by atoms with Crippen molar-refractivity contribution in [1.29, 1.82) is 0 Å². The van der Waals surface area contributed by atoms with Crippen LogP contribution in [0.5, 0.6) is 5.75 Å². The summed E-state index contributed by atoms with van der Waals surface area (Å²) in [5.74, 6) is 0.924. The molecule has 1 atom stereocenters. The summed E-state index contributed by atoms with van der Waals surface area (Å²) in [6.07, 6.45) is 7.32. The molecule has 0 saturated carbocycles. The van der Waals surface area contributed by atoms with Gasteiger partial charge in [-0.2, -0.15) is 0 Å². The molecule has 1 aliphatic rings. The van der Waals surface area contributed by atoms with E-state index in [-0.39, 0.29) is 5.60 Å².